The lowest BCUT2D eigenvalue weighted by Gasteiger charge is -2.25. The lowest BCUT2D eigenvalue weighted by molar-refractivity contribution is -0.139. The van der Waals surface area contributed by atoms with Gasteiger partial charge in [0, 0.05) is 25.1 Å². The van der Waals surface area contributed by atoms with Crippen molar-refractivity contribution in [1.29, 1.82) is 0 Å². The van der Waals surface area contributed by atoms with Crippen molar-refractivity contribution in [2.75, 3.05) is 19.8 Å². The van der Waals surface area contributed by atoms with E-state index in [1.54, 1.807) is 18.2 Å². The van der Waals surface area contributed by atoms with E-state index in [0.29, 0.717) is 42.9 Å². The lowest BCUT2D eigenvalue weighted by Crippen LogP contribution is -2.30. The number of aliphatic hydroxyl groups is 2. The fourth-order valence-corrected chi connectivity index (χ4v) is 3.86. The number of nitrogens with zero attached hydrogens (tertiary/aromatic N) is 1. The van der Waals surface area contributed by atoms with E-state index in [0.717, 1.165) is 11.1 Å². The van der Waals surface area contributed by atoms with E-state index < -0.39 is 17.7 Å². The number of carbonyl (C=O) groups is 2. The van der Waals surface area contributed by atoms with Crippen LogP contribution < -0.4 is 4.74 Å². The van der Waals surface area contributed by atoms with Gasteiger partial charge in [0.2, 0.25) is 0 Å². The number of hydrogen-bond acceptors (Lipinski definition) is 5. The molecule has 1 saturated heterocycles. The van der Waals surface area contributed by atoms with Gasteiger partial charge < -0.3 is 19.8 Å². The first kappa shape index (κ1) is 22.6. The largest absolute Gasteiger partial charge is 0.507 e. The van der Waals surface area contributed by atoms with Gasteiger partial charge in [-0.15, -0.1) is 0 Å². The fraction of sp³-hybridized carbons (Fsp3) is 0.360. The summed E-state index contributed by atoms with van der Waals surface area (Å²) in [6, 6.07) is 12.2. The second kappa shape index (κ2) is 9.79. The Labute approximate surface area is 182 Å². The number of rotatable bonds is 8. The molecule has 0 radical (unpaired) electrons. The Morgan fingerprint density at radius 2 is 1.90 bits per heavy atom. The van der Waals surface area contributed by atoms with Crippen LogP contribution in [0, 0.1) is 13.8 Å². The Kier molecular flexibility index (Phi) is 7.13. The molecule has 0 aromatic heterocycles. The van der Waals surface area contributed by atoms with Crippen molar-refractivity contribution in [2.24, 2.45) is 0 Å². The Morgan fingerprint density at radius 1 is 1.13 bits per heavy atom. The molecule has 31 heavy (non-hydrogen) atoms. The SMILES string of the molecule is CCCN1C(=O)C(=O)/C(=C(/O)c2cc(C)ccc2C)C1c1cccc(OCCCO)c1. The van der Waals surface area contributed by atoms with Crippen LogP contribution in [-0.4, -0.2) is 46.6 Å². The number of hydrogen-bond donors (Lipinski definition) is 2. The van der Waals surface area contributed by atoms with Crippen LogP contribution in [-0.2, 0) is 9.59 Å². The van der Waals surface area contributed by atoms with Crippen LogP contribution in [0.5, 0.6) is 5.75 Å². The maximum Gasteiger partial charge on any atom is 0.295 e. The van der Waals surface area contributed by atoms with Gasteiger partial charge in [0.15, 0.2) is 0 Å². The minimum Gasteiger partial charge on any atom is -0.507 e. The summed E-state index contributed by atoms with van der Waals surface area (Å²) >= 11 is 0. The van der Waals surface area contributed by atoms with Gasteiger partial charge in [-0.3, -0.25) is 9.59 Å². The summed E-state index contributed by atoms with van der Waals surface area (Å²) in [5, 5.41) is 20.2. The summed E-state index contributed by atoms with van der Waals surface area (Å²) in [5.41, 5.74) is 3.12. The second-order valence-corrected chi connectivity index (χ2v) is 7.81. The monoisotopic (exact) mass is 423 g/mol. The molecule has 3 rings (SSSR count). The lowest BCUT2D eigenvalue weighted by atomic mass is 9.93. The summed E-state index contributed by atoms with van der Waals surface area (Å²) < 4.78 is 5.68. The first-order valence-corrected chi connectivity index (χ1v) is 10.6. The highest BCUT2D eigenvalue weighted by molar-refractivity contribution is 6.46. The van der Waals surface area contributed by atoms with E-state index in [4.69, 9.17) is 9.84 Å². The first-order chi connectivity index (χ1) is 14.9. The number of aliphatic hydroxyl groups excluding tert-OH is 2. The highest BCUT2D eigenvalue weighted by Crippen LogP contribution is 2.40. The number of carbonyl (C=O) groups excluding carboxylic acids is 2. The third-order valence-corrected chi connectivity index (χ3v) is 5.40. The van der Waals surface area contributed by atoms with Crippen LogP contribution in [0.4, 0.5) is 0 Å². The van der Waals surface area contributed by atoms with Crippen LogP contribution in [0.25, 0.3) is 5.76 Å². The van der Waals surface area contributed by atoms with Crippen LogP contribution in [0.2, 0.25) is 0 Å². The Hall–Kier alpha value is -3.12. The van der Waals surface area contributed by atoms with E-state index in [2.05, 4.69) is 0 Å². The molecular weight excluding hydrogens is 394 g/mol. The molecule has 1 fully saturated rings. The number of likely N-dealkylation sites (tertiary alicyclic amines) is 1. The molecule has 1 atom stereocenters. The molecule has 0 bridgehead atoms. The average Bonchev–Trinajstić information content (AvgIpc) is 3.01. The summed E-state index contributed by atoms with van der Waals surface area (Å²) in [7, 11) is 0. The average molecular weight is 424 g/mol. The predicted octanol–water partition coefficient (Wildman–Crippen LogP) is 3.90. The van der Waals surface area contributed by atoms with Crippen molar-refractivity contribution in [3.63, 3.8) is 0 Å². The zero-order chi connectivity index (χ0) is 22.5. The number of amides is 1. The van der Waals surface area contributed by atoms with Crippen molar-refractivity contribution >= 4 is 17.4 Å². The van der Waals surface area contributed by atoms with Gasteiger partial charge in [0.25, 0.3) is 11.7 Å². The van der Waals surface area contributed by atoms with Crippen molar-refractivity contribution < 1.29 is 24.5 Å². The summed E-state index contributed by atoms with van der Waals surface area (Å²) in [4.78, 5) is 27.4. The highest BCUT2D eigenvalue weighted by Gasteiger charge is 2.45. The quantitative estimate of drug-likeness (QED) is 0.291. The molecule has 6 heteroatoms. The highest BCUT2D eigenvalue weighted by atomic mass is 16.5. The molecule has 1 heterocycles. The molecule has 164 valence electrons. The Morgan fingerprint density at radius 3 is 2.61 bits per heavy atom. The molecule has 1 unspecified atom stereocenters. The van der Waals surface area contributed by atoms with E-state index in [1.165, 1.54) is 4.90 Å². The van der Waals surface area contributed by atoms with Gasteiger partial charge in [0.1, 0.15) is 11.5 Å². The maximum absolute atomic E-state index is 13.0. The molecule has 1 amide bonds. The molecule has 2 N–H and O–H groups in total. The van der Waals surface area contributed by atoms with Crippen molar-refractivity contribution in [1.82, 2.24) is 4.90 Å². The normalized spacial score (nSPS) is 17.9. The van der Waals surface area contributed by atoms with E-state index in [-0.39, 0.29) is 17.9 Å². The van der Waals surface area contributed by atoms with Crippen LogP contribution in [0.3, 0.4) is 0 Å². The van der Waals surface area contributed by atoms with Gasteiger partial charge >= 0.3 is 0 Å². The summed E-state index contributed by atoms with van der Waals surface area (Å²) in [6.45, 7) is 6.51. The van der Waals surface area contributed by atoms with Gasteiger partial charge in [-0.1, -0.05) is 36.8 Å². The third-order valence-electron chi connectivity index (χ3n) is 5.40. The number of benzene rings is 2. The zero-order valence-corrected chi connectivity index (χ0v) is 18.2. The zero-order valence-electron chi connectivity index (χ0n) is 18.2. The number of Topliss-reactive ketones (excluding diaryl/α,β-unsaturated/α-hetero) is 1. The van der Waals surface area contributed by atoms with Crippen molar-refractivity contribution in [3.8, 4) is 5.75 Å². The minimum atomic E-state index is -0.693. The first-order valence-electron chi connectivity index (χ1n) is 10.6. The molecule has 1 aliphatic heterocycles. The molecule has 1 aliphatic rings. The van der Waals surface area contributed by atoms with E-state index in [1.807, 2.05) is 45.0 Å². The van der Waals surface area contributed by atoms with E-state index in [9.17, 15) is 14.7 Å². The summed E-state index contributed by atoms with van der Waals surface area (Å²) in [6.07, 6.45) is 1.19. The molecule has 0 saturated carbocycles. The molecular formula is C25H29NO5. The van der Waals surface area contributed by atoms with Crippen LogP contribution >= 0.6 is 0 Å². The van der Waals surface area contributed by atoms with Gasteiger partial charge in [-0.05, 0) is 49.6 Å². The van der Waals surface area contributed by atoms with Crippen LogP contribution in [0.15, 0.2) is 48.0 Å². The van der Waals surface area contributed by atoms with Crippen LogP contribution in [0.1, 0.15) is 48.1 Å². The molecule has 0 spiro atoms. The van der Waals surface area contributed by atoms with E-state index >= 15 is 0 Å². The van der Waals surface area contributed by atoms with Gasteiger partial charge in [0.05, 0.1) is 18.2 Å². The smallest absolute Gasteiger partial charge is 0.295 e. The van der Waals surface area contributed by atoms with Crippen molar-refractivity contribution in [2.45, 2.75) is 39.7 Å². The molecule has 2 aromatic rings. The standard InChI is InChI=1S/C25H29NO5/c1-4-11-26-22(18-7-5-8-19(15-18)31-13-6-12-27)21(24(29)25(26)30)23(28)20-14-16(2)9-10-17(20)3/h5,7-10,14-15,22,27-28H,4,6,11-13H2,1-3H3/b23-21+. The topological polar surface area (TPSA) is 87.1 Å². The number of ether oxygens (including phenoxy) is 1. The number of aryl methyl sites for hydroxylation is 2. The summed E-state index contributed by atoms with van der Waals surface area (Å²) in [5.74, 6) is -0.858. The van der Waals surface area contributed by atoms with Gasteiger partial charge in [-0.2, -0.15) is 0 Å². The predicted molar refractivity (Wildman–Crippen MR) is 119 cm³/mol. The Bertz CT molecular complexity index is 1010. The van der Waals surface area contributed by atoms with Gasteiger partial charge in [-0.25, -0.2) is 0 Å². The number of ketones is 1. The molecule has 0 aliphatic carbocycles. The Balaban J connectivity index is 2.13. The molecule has 2 aromatic carbocycles. The van der Waals surface area contributed by atoms with Crippen molar-refractivity contribution in [3.05, 3.63) is 70.3 Å². The minimum absolute atomic E-state index is 0.0339. The third kappa shape index (κ3) is 4.64. The molecule has 6 nitrogen and oxygen atoms in total. The maximum atomic E-state index is 13.0. The second-order valence-electron chi connectivity index (χ2n) is 7.81. The fourth-order valence-electron chi connectivity index (χ4n) is 3.86.